The molecule has 1 saturated heterocycles. The maximum atomic E-state index is 6.02. The Balaban J connectivity index is 1.91. The maximum absolute atomic E-state index is 6.02. The molecule has 1 aliphatic heterocycles. The number of hydrogen-bond acceptors (Lipinski definition) is 2. The highest BCUT2D eigenvalue weighted by molar-refractivity contribution is 9.10. The predicted molar refractivity (Wildman–Crippen MR) is 71.2 cm³/mol. The van der Waals surface area contributed by atoms with Crippen LogP contribution in [0.5, 0.6) is 0 Å². The number of anilines is 1. The Labute approximate surface area is 109 Å². The zero-order valence-electron chi connectivity index (χ0n) is 9.01. The molecule has 1 unspecified atom stereocenters. The molecule has 0 aromatic heterocycles. The van der Waals surface area contributed by atoms with Crippen LogP contribution in [0.2, 0.25) is 5.02 Å². The van der Waals surface area contributed by atoms with Crippen LogP contribution in [0, 0.1) is 5.92 Å². The van der Waals surface area contributed by atoms with Gasteiger partial charge in [-0.3, -0.25) is 0 Å². The van der Waals surface area contributed by atoms with E-state index < -0.39 is 0 Å². The Morgan fingerprint density at radius 1 is 1.50 bits per heavy atom. The first kappa shape index (κ1) is 12.2. The molecule has 0 bridgehead atoms. The van der Waals surface area contributed by atoms with Crippen LogP contribution in [0.3, 0.4) is 0 Å². The minimum absolute atomic E-state index is 0.611. The quantitative estimate of drug-likeness (QED) is 0.913. The van der Waals surface area contributed by atoms with Crippen LogP contribution in [-0.2, 0) is 4.74 Å². The predicted octanol–water partition coefficient (Wildman–Crippen LogP) is 3.94. The molecule has 1 aromatic carbocycles. The molecule has 16 heavy (non-hydrogen) atoms. The van der Waals surface area contributed by atoms with Crippen molar-refractivity contribution in [3.8, 4) is 0 Å². The molecule has 88 valence electrons. The molecular weight excluding hydrogens is 289 g/mol. The van der Waals surface area contributed by atoms with E-state index in [1.807, 2.05) is 18.2 Å². The van der Waals surface area contributed by atoms with Crippen molar-refractivity contribution in [1.29, 1.82) is 0 Å². The van der Waals surface area contributed by atoms with Crippen LogP contribution in [0.15, 0.2) is 22.7 Å². The van der Waals surface area contributed by atoms with E-state index >= 15 is 0 Å². The second-order valence-electron chi connectivity index (χ2n) is 4.07. The van der Waals surface area contributed by atoms with E-state index in [0.29, 0.717) is 5.92 Å². The molecule has 0 amide bonds. The Morgan fingerprint density at radius 2 is 2.38 bits per heavy atom. The fourth-order valence-electron chi connectivity index (χ4n) is 1.86. The van der Waals surface area contributed by atoms with Gasteiger partial charge in [-0.25, -0.2) is 0 Å². The fourth-order valence-corrected chi connectivity index (χ4v) is 2.44. The fraction of sp³-hybridized carbons (Fsp3) is 0.500. The first-order valence-corrected chi connectivity index (χ1v) is 6.70. The third-order valence-corrected chi connectivity index (χ3v) is 4.18. The second kappa shape index (κ2) is 5.89. The zero-order valence-corrected chi connectivity index (χ0v) is 11.4. The van der Waals surface area contributed by atoms with Crippen molar-refractivity contribution >= 4 is 33.2 Å². The Kier molecular flexibility index (Phi) is 4.50. The van der Waals surface area contributed by atoms with E-state index in [0.717, 1.165) is 34.9 Å². The van der Waals surface area contributed by atoms with Gasteiger partial charge in [0.05, 0.1) is 16.1 Å². The molecule has 0 spiro atoms. The third-order valence-electron chi connectivity index (χ3n) is 2.79. The van der Waals surface area contributed by atoms with Gasteiger partial charge in [-0.1, -0.05) is 17.7 Å². The average Bonchev–Trinajstić information content (AvgIpc) is 2.32. The molecule has 1 atom stereocenters. The summed E-state index contributed by atoms with van der Waals surface area (Å²) in [5.41, 5.74) is 1.05. The summed E-state index contributed by atoms with van der Waals surface area (Å²) in [5, 5.41) is 4.15. The normalized spacial score (nSPS) is 20.8. The Hall–Kier alpha value is -0.250. The van der Waals surface area contributed by atoms with Crippen molar-refractivity contribution in [3.63, 3.8) is 0 Å². The van der Waals surface area contributed by atoms with Crippen molar-refractivity contribution in [1.82, 2.24) is 0 Å². The molecule has 0 radical (unpaired) electrons. The van der Waals surface area contributed by atoms with E-state index in [1.165, 1.54) is 12.8 Å². The molecule has 1 aromatic rings. The highest BCUT2D eigenvalue weighted by Gasteiger charge is 2.14. The lowest BCUT2D eigenvalue weighted by Gasteiger charge is -2.23. The molecule has 0 saturated carbocycles. The summed E-state index contributed by atoms with van der Waals surface area (Å²) in [6.45, 7) is 2.72. The van der Waals surface area contributed by atoms with Gasteiger partial charge in [0.2, 0.25) is 0 Å². The van der Waals surface area contributed by atoms with Gasteiger partial charge < -0.3 is 10.1 Å². The summed E-state index contributed by atoms with van der Waals surface area (Å²) in [5.74, 6) is 0.611. The lowest BCUT2D eigenvalue weighted by Crippen LogP contribution is -2.24. The zero-order chi connectivity index (χ0) is 11.4. The van der Waals surface area contributed by atoms with Crippen LogP contribution in [0.4, 0.5) is 5.69 Å². The van der Waals surface area contributed by atoms with Crippen molar-refractivity contribution in [2.45, 2.75) is 12.8 Å². The smallest absolute Gasteiger partial charge is 0.0593 e. The summed E-state index contributed by atoms with van der Waals surface area (Å²) in [6.07, 6.45) is 2.41. The highest BCUT2D eigenvalue weighted by Crippen LogP contribution is 2.30. The third kappa shape index (κ3) is 3.12. The molecular formula is C12H15BrClNO. The highest BCUT2D eigenvalue weighted by atomic mass is 79.9. The van der Waals surface area contributed by atoms with E-state index in [1.54, 1.807) is 0 Å². The van der Waals surface area contributed by atoms with E-state index in [4.69, 9.17) is 16.3 Å². The number of ether oxygens (including phenoxy) is 1. The maximum Gasteiger partial charge on any atom is 0.0593 e. The first-order valence-electron chi connectivity index (χ1n) is 5.53. The minimum Gasteiger partial charge on any atom is -0.384 e. The van der Waals surface area contributed by atoms with Crippen LogP contribution in [0.25, 0.3) is 0 Å². The summed E-state index contributed by atoms with van der Waals surface area (Å²) in [7, 11) is 0. The average molecular weight is 305 g/mol. The lowest BCUT2D eigenvalue weighted by atomic mass is 10.0. The molecule has 1 fully saturated rings. The summed E-state index contributed by atoms with van der Waals surface area (Å²) < 4.78 is 6.39. The second-order valence-corrected chi connectivity index (χ2v) is 5.27. The van der Waals surface area contributed by atoms with E-state index in [-0.39, 0.29) is 0 Å². The molecule has 4 heteroatoms. The molecule has 2 nitrogen and oxygen atoms in total. The van der Waals surface area contributed by atoms with Gasteiger partial charge in [-0.2, -0.15) is 0 Å². The van der Waals surface area contributed by atoms with Crippen LogP contribution in [0.1, 0.15) is 12.8 Å². The number of hydrogen-bond donors (Lipinski definition) is 1. The largest absolute Gasteiger partial charge is 0.384 e. The minimum atomic E-state index is 0.611. The van der Waals surface area contributed by atoms with Gasteiger partial charge in [0.1, 0.15) is 0 Å². The van der Waals surface area contributed by atoms with Crippen LogP contribution in [-0.4, -0.2) is 19.8 Å². The molecule has 1 aliphatic rings. The standard InChI is InChI=1S/C12H15BrClNO/c13-12-10(14)4-1-5-11(12)15-7-9-3-2-6-16-8-9/h1,4-5,9,15H,2-3,6-8H2. The Morgan fingerprint density at radius 3 is 3.12 bits per heavy atom. The number of benzene rings is 1. The Bertz CT molecular complexity index is 353. The number of nitrogens with one attached hydrogen (secondary N) is 1. The van der Waals surface area contributed by atoms with Crippen molar-refractivity contribution < 1.29 is 4.74 Å². The van der Waals surface area contributed by atoms with Crippen LogP contribution >= 0.6 is 27.5 Å². The summed E-state index contributed by atoms with van der Waals surface area (Å²) in [6, 6.07) is 5.85. The molecule has 0 aliphatic carbocycles. The summed E-state index contributed by atoms with van der Waals surface area (Å²) in [4.78, 5) is 0. The van der Waals surface area contributed by atoms with Gasteiger partial charge in [0.25, 0.3) is 0 Å². The summed E-state index contributed by atoms with van der Waals surface area (Å²) >= 11 is 9.50. The van der Waals surface area contributed by atoms with Gasteiger partial charge in [0.15, 0.2) is 0 Å². The van der Waals surface area contributed by atoms with Crippen molar-refractivity contribution in [2.75, 3.05) is 25.1 Å². The van der Waals surface area contributed by atoms with Gasteiger partial charge in [-0.15, -0.1) is 0 Å². The first-order chi connectivity index (χ1) is 7.77. The van der Waals surface area contributed by atoms with Gasteiger partial charge >= 0.3 is 0 Å². The molecule has 1 heterocycles. The lowest BCUT2D eigenvalue weighted by molar-refractivity contribution is 0.0595. The van der Waals surface area contributed by atoms with Gasteiger partial charge in [0, 0.05) is 18.8 Å². The number of halogens is 2. The van der Waals surface area contributed by atoms with Crippen LogP contribution < -0.4 is 5.32 Å². The molecule has 1 N–H and O–H groups in total. The SMILES string of the molecule is Clc1cccc(NCC2CCCOC2)c1Br. The number of rotatable bonds is 3. The van der Waals surface area contributed by atoms with Crippen molar-refractivity contribution in [3.05, 3.63) is 27.7 Å². The van der Waals surface area contributed by atoms with E-state index in [9.17, 15) is 0 Å². The topological polar surface area (TPSA) is 21.3 Å². The van der Waals surface area contributed by atoms with Gasteiger partial charge in [-0.05, 0) is 46.8 Å². The molecule has 2 rings (SSSR count). The van der Waals surface area contributed by atoms with E-state index in [2.05, 4.69) is 21.2 Å². The van der Waals surface area contributed by atoms with Crippen molar-refractivity contribution in [2.24, 2.45) is 5.92 Å². The monoisotopic (exact) mass is 303 g/mol.